The number of anilines is 1. The lowest BCUT2D eigenvalue weighted by atomic mass is 9.97. The van der Waals surface area contributed by atoms with Crippen LogP contribution in [0, 0.1) is 5.92 Å². The number of benzene rings is 1. The van der Waals surface area contributed by atoms with Crippen LogP contribution in [0.3, 0.4) is 0 Å². The van der Waals surface area contributed by atoms with Crippen molar-refractivity contribution in [3.63, 3.8) is 0 Å². The fraction of sp³-hybridized carbons (Fsp3) is 0.500. The molecule has 7 heteroatoms. The summed E-state index contributed by atoms with van der Waals surface area (Å²) in [6.07, 6.45) is 0.303. The minimum atomic E-state index is -1.34. The number of hydrogen-bond acceptors (Lipinski definition) is 4. The normalized spacial score (nSPS) is 19.4. The summed E-state index contributed by atoms with van der Waals surface area (Å²) < 4.78 is 5.55. The van der Waals surface area contributed by atoms with Crippen LogP contribution >= 0.6 is 0 Å². The van der Waals surface area contributed by atoms with E-state index in [1.165, 1.54) is 11.8 Å². The summed E-state index contributed by atoms with van der Waals surface area (Å²) in [5.74, 6) is -1.70. The average molecular weight is 348 g/mol. The average Bonchev–Trinajstić information content (AvgIpc) is 2.97. The number of nitrogens with zero attached hydrogens (tertiary/aromatic N) is 1. The van der Waals surface area contributed by atoms with Gasteiger partial charge in [-0.25, -0.2) is 4.79 Å². The van der Waals surface area contributed by atoms with E-state index in [4.69, 9.17) is 4.74 Å². The molecule has 7 nitrogen and oxygen atoms in total. The molecular weight excluding hydrogens is 324 g/mol. The second kappa shape index (κ2) is 7.55. The lowest BCUT2D eigenvalue weighted by molar-refractivity contribution is -0.147. The molecule has 2 unspecified atom stereocenters. The van der Waals surface area contributed by atoms with Crippen molar-refractivity contribution in [1.82, 2.24) is 5.32 Å². The fourth-order valence-corrected chi connectivity index (χ4v) is 2.74. The Hall–Kier alpha value is -2.57. The lowest BCUT2D eigenvalue weighted by Gasteiger charge is -2.26. The highest BCUT2D eigenvalue weighted by Crippen LogP contribution is 2.33. The SMILES string of the molecule is CCOc1ccccc1N1CC(C(=O)NC(C)(CC)C(=O)O)CC1=O. The van der Waals surface area contributed by atoms with Crippen molar-refractivity contribution in [3.05, 3.63) is 24.3 Å². The Bertz CT molecular complexity index is 675. The number of ether oxygens (including phenoxy) is 1. The zero-order valence-corrected chi connectivity index (χ0v) is 14.7. The van der Waals surface area contributed by atoms with Crippen molar-refractivity contribution >= 4 is 23.5 Å². The maximum Gasteiger partial charge on any atom is 0.329 e. The van der Waals surface area contributed by atoms with Gasteiger partial charge in [-0.05, 0) is 32.4 Å². The predicted octanol–water partition coefficient (Wildman–Crippen LogP) is 1.81. The van der Waals surface area contributed by atoms with Gasteiger partial charge in [0.05, 0.1) is 18.2 Å². The van der Waals surface area contributed by atoms with Crippen LogP contribution in [0.1, 0.15) is 33.6 Å². The summed E-state index contributed by atoms with van der Waals surface area (Å²) in [4.78, 5) is 37.7. The molecule has 0 aromatic heterocycles. The number of para-hydroxylation sites is 2. The van der Waals surface area contributed by atoms with E-state index in [0.29, 0.717) is 18.0 Å². The smallest absolute Gasteiger partial charge is 0.329 e. The maximum absolute atomic E-state index is 12.5. The van der Waals surface area contributed by atoms with Gasteiger partial charge in [0.2, 0.25) is 11.8 Å². The molecule has 2 N–H and O–H groups in total. The molecule has 2 amide bonds. The zero-order valence-electron chi connectivity index (χ0n) is 14.7. The molecule has 0 spiro atoms. The molecule has 0 saturated carbocycles. The first-order valence-corrected chi connectivity index (χ1v) is 8.40. The largest absolute Gasteiger partial charge is 0.492 e. The highest BCUT2D eigenvalue weighted by atomic mass is 16.5. The quantitative estimate of drug-likeness (QED) is 0.783. The molecule has 2 atom stereocenters. The van der Waals surface area contributed by atoms with Crippen LogP contribution in [0.2, 0.25) is 0 Å². The van der Waals surface area contributed by atoms with E-state index in [1.54, 1.807) is 25.1 Å². The predicted molar refractivity (Wildman–Crippen MR) is 92.5 cm³/mol. The Morgan fingerprint density at radius 3 is 2.64 bits per heavy atom. The first kappa shape index (κ1) is 18.8. The van der Waals surface area contributed by atoms with Crippen molar-refractivity contribution in [1.29, 1.82) is 0 Å². The molecule has 1 saturated heterocycles. The number of amides is 2. The first-order chi connectivity index (χ1) is 11.8. The van der Waals surface area contributed by atoms with Gasteiger partial charge in [0.25, 0.3) is 0 Å². The number of carbonyl (C=O) groups is 3. The fourth-order valence-electron chi connectivity index (χ4n) is 2.74. The van der Waals surface area contributed by atoms with Crippen LogP contribution in [-0.2, 0) is 14.4 Å². The van der Waals surface area contributed by atoms with Crippen LogP contribution in [0.25, 0.3) is 0 Å². The van der Waals surface area contributed by atoms with Gasteiger partial charge in [0.1, 0.15) is 11.3 Å². The Labute approximate surface area is 147 Å². The number of rotatable bonds is 7. The Morgan fingerprint density at radius 2 is 2.04 bits per heavy atom. The van der Waals surface area contributed by atoms with Gasteiger partial charge in [-0.15, -0.1) is 0 Å². The molecule has 2 rings (SSSR count). The van der Waals surface area contributed by atoms with E-state index in [2.05, 4.69) is 5.32 Å². The molecule has 0 bridgehead atoms. The van der Waals surface area contributed by atoms with E-state index in [9.17, 15) is 19.5 Å². The highest BCUT2D eigenvalue weighted by Gasteiger charge is 2.40. The van der Waals surface area contributed by atoms with Crippen molar-refractivity contribution in [2.75, 3.05) is 18.1 Å². The van der Waals surface area contributed by atoms with E-state index in [-0.39, 0.29) is 25.3 Å². The summed E-state index contributed by atoms with van der Waals surface area (Å²) in [5, 5.41) is 11.9. The van der Waals surface area contributed by atoms with Gasteiger partial charge in [-0.3, -0.25) is 9.59 Å². The number of nitrogens with one attached hydrogen (secondary N) is 1. The monoisotopic (exact) mass is 348 g/mol. The van der Waals surface area contributed by atoms with Crippen molar-refractivity contribution in [3.8, 4) is 5.75 Å². The summed E-state index contributed by atoms with van der Waals surface area (Å²) in [5.41, 5.74) is -0.710. The summed E-state index contributed by atoms with van der Waals surface area (Å²) in [6, 6.07) is 7.17. The summed E-state index contributed by atoms with van der Waals surface area (Å²) >= 11 is 0. The Kier molecular flexibility index (Phi) is 5.66. The number of carbonyl (C=O) groups excluding carboxylic acids is 2. The minimum Gasteiger partial charge on any atom is -0.492 e. The van der Waals surface area contributed by atoms with Gasteiger partial charge in [-0.2, -0.15) is 0 Å². The number of carboxylic acids is 1. The molecule has 1 aromatic carbocycles. The summed E-state index contributed by atoms with van der Waals surface area (Å²) in [7, 11) is 0. The number of aliphatic carboxylic acids is 1. The van der Waals surface area contributed by atoms with Crippen LogP contribution in [0.4, 0.5) is 5.69 Å². The third-order valence-electron chi connectivity index (χ3n) is 4.53. The molecule has 1 fully saturated rings. The van der Waals surface area contributed by atoms with Gasteiger partial charge in [0.15, 0.2) is 0 Å². The van der Waals surface area contributed by atoms with Crippen molar-refractivity contribution in [2.45, 2.75) is 39.2 Å². The van der Waals surface area contributed by atoms with Gasteiger partial charge in [-0.1, -0.05) is 19.1 Å². The van der Waals surface area contributed by atoms with Crippen LogP contribution in [0.5, 0.6) is 5.75 Å². The maximum atomic E-state index is 12.5. The lowest BCUT2D eigenvalue weighted by Crippen LogP contribution is -2.53. The molecule has 1 aromatic rings. The van der Waals surface area contributed by atoms with Gasteiger partial charge < -0.3 is 20.1 Å². The van der Waals surface area contributed by atoms with E-state index >= 15 is 0 Å². The van der Waals surface area contributed by atoms with E-state index in [1.807, 2.05) is 13.0 Å². The minimum absolute atomic E-state index is 0.0473. The highest BCUT2D eigenvalue weighted by molar-refractivity contribution is 6.02. The Morgan fingerprint density at radius 1 is 1.36 bits per heavy atom. The summed E-state index contributed by atoms with van der Waals surface area (Å²) in [6.45, 7) is 5.69. The van der Waals surface area contributed by atoms with Crippen molar-refractivity contribution in [2.24, 2.45) is 5.92 Å². The van der Waals surface area contributed by atoms with Gasteiger partial charge in [0, 0.05) is 13.0 Å². The third-order valence-corrected chi connectivity index (χ3v) is 4.53. The molecule has 1 heterocycles. The number of carboxylic acid groups (broad SMARTS) is 1. The van der Waals surface area contributed by atoms with E-state index in [0.717, 1.165) is 0 Å². The molecule has 1 aliphatic rings. The van der Waals surface area contributed by atoms with Crippen LogP contribution in [-0.4, -0.2) is 41.6 Å². The number of hydrogen-bond donors (Lipinski definition) is 2. The zero-order chi connectivity index (χ0) is 18.6. The van der Waals surface area contributed by atoms with Crippen molar-refractivity contribution < 1.29 is 24.2 Å². The third kappa shape index (κ3) is 3.92. The molecule has 0 aliphatic carbocycles. The molecule has 25 heavy (non-hydrogen) atoms. The molecule has 1 aliphatic heterocycles. The Balaban J connectivity index is 2.15. The molecule has 136 valence electrons. The molecular formula is C18H24N2O5. The molecule has 0 radical (unpaired) electrons. The first-order valence-electron chi connectivity index (χ1n) is 8.40. The van der Waals surface area contributed by atoms with E-state index < -0.39 is 23.3 Å². The van der Waals surface area contributed by atoms with Gasteiger partial charge >= 0.3 is 5.97 Å². The van der Waals surface area contributed by atoms with Crippen LogP contribution in [0.15, 0.2) is 24.3 Å². The van der Waals surface area contributed by atoms with Crippen LogP contribution < -0.4 is 15.0 Å². The second-order valence-electron chi connectivity index (χ2n) is 6.29. The standard InChI is InChI=1S/C18H24N2O5/c1-4-18(3,17(23)24)19-16(22)12-10-15(21)20(11-12)13-8-6-7-9-14(13)25-5-2/h6-9,12H,4-5,10-11H2,1-3H3,(H,19,22)(H,23,24). The second-order valence-corrected chi connectivity index (χ2v) is 6.29. The topological polar surface area (TPSA) is 95.9 Å².